The molecule has 1 aromatic heterocycles. The standard InChI is InChI=1S/C14H19N5O/c1-3-15-9-8-13(20)17-12-6-4-11(5-7-12)14-18-16-10-19(14)2/h4-7,10,15H,3,8-9H2,1-2H3,(H,17,20). The van der Waals surface area contributed by atoms with Gasteiger partial charge >= 0.3 is 0 Å². The minimum Gasteiger partial charge on any atom is -0.326 e. The van der Waals surface area contributed by atoms with Crippen molar-refractivity contribution in [1.82, 2.24) is 20.1 Å². The molecule has 106 valence electrons. The number of hydrogen-bond donors (Lipinski definition) is 2. The summed E-state index contributed by atoms with van der Waals surface area (Å²) in [5.74, 6) is 0.812. The van der Waals surface area contributed by atoms with Gasteiger partial charge in [-0.05, 0) is 30.8 Å². The zero-order valence-corrected chi connectivity index (χ0v) is 11.8. The van der Waals surface area contributed by atoms with Crippen LogP contribution in [0.15, 0.2) is 30.6 Å². The van der Waals surface area contributed by atoms with Gasteiger partial charge in [-0.15, -0.1) is 10.2 Å². The van der Waals surface area contributed by atoms with Crippen LogP contribution in [0.1, 0.15) is 13.3 Å². The highest BCUT2D eigenvalue weighted by Gasteiger charge is 2.05. The molecule has 1 aromatic carbocycles. The third-order valence-electron chi connectivity index (χ3n) is 2.92. The molecule has 0 bridgehead atoms. The summed E-state index contributed by atoms with van der Waals surface area (Å²) in [6.45, 7) is 3.59. The lowest BCUT2D eigenvalue weighted by molar-refractivity contribution is -0.116. The number of rotatable bonds is 6. The van der Waals surface area contributed by atoms with Crippen molar-refractivity contribution in [3.05, 3.63) is 30.6 Å². The van der Waals surface area contributed by atoms with Gasteiger partial charge in [0.05, 0.1) is 0 Å². The molecule has 1 amide bonds. The molecule has 0 atom stereocenters. The van der Waals surface area contributed by atoms with Gasteiger partial charge in [0, 0.05) is 31.3 Å². The molecule has 0 spiro atoms. The van der Waals surface area contributed by atoms with E-state index in [0.29, 0.717) is 13.0 Å². The highest BCUT2D eigenvalue weighted by molar-refractivity contribution is 5.91. The molecule has 0 saturated carbocycles. The Morgan fingerprint density at radius 3 is 2.65 bits per heavy atom. The van der Waals surface area contributed by atoms with Crippen molar-refractivity contribution in [3.63, 3.8) is 0 Å². The molecule has 0 aliphatic carbocycles. The van der Waals surface area contributed by atoms with E-state index >= 15 is 0 Å². The predicted octanol–water partition coefficient (Wildman–Crippen LogP) is 1.42. The van der Waals surface area contributed by atoms with Crippen molar-refractivity contribution in [2.24, 2.45) is 7.05 Å². The van der Waals surface area contributed by atoms with Crippen LogP contribution in [-0.4, -0.2) is 33.8 Å². The molecule has 0 radical (unpaired) electrons. The Balaban J connectivity index is 1.95. The van der Waals surface area contributed by atoms with Gasteiger partial charge in [0.25, 0.3) is 0 Å². The summed E-state index contributed by atoms with van der Waals surface area (Å²) in [7, 11) is 1.89. The molecular formula is C14H19N5O. The normalized spacial score (nSPS) is 10.5. The fourth-order valence-corrected chi connectivity index (χ4v) is 1.85. The molecule has 1 heterocycles. The van der Waals surface area contributed by atoms with E-state index in [-0.39, 0.29) is 5.91 Å². The minimum atomic E-state index is 0.0114. The van der Waals surface area contributed by atoms with E-state index in [2.05, 4.69) is 20.8 Å². The zero-order chi connectivity index (χ0) is 14.4. The van der Waals surface area contributed by atoms with E-state index in [4.69, 9.17) is 0 Å². The molecule has 0 saturated heterocycles. The average Bonchev–Trinajstić information content (AvgIpc) is 2.86. The fraction of sp³-hybridized carbons (Fsp3) is 0.357. The van der Waals surface area contributed by atoms with E-state index in [0.717, 1.165) is 23.6 Å². The molecular weight excluding hydrogens is 254 g/mol. The number of carbonyl (C=O) groups is 1. The summed E-state index contributed by atoms with van der Waals surface area (Å²) >= 11 is 0. The van der Waals surface area contributed by atoms with Crippen LogP contribution in [0.5, 0.6) is 0 Å². The van der Waals surface area contributed by atoms with Crippen LogP contribution in [0.25, 0.3) is 11.4 Å². The van der Waals surface area contributed by atoms with Gasteiger partial charge in [-0.25, -0.2) is 0 Å². The Bertz CT molecular complexity index is 561. The summed E-state index contributed by atoms with van der Waals surface area (Å²) in [4.78, 5) is 11.7. The Morgan fingerprint density at radius 1 is 1.30 bits per heavy atom. The van der Waals surface area contributed by atoms with E-state index in [1.807, 2.05) is 42.8 Å². The third kappa shape index (κ3) is 3.64. The maximum atomic E-state index is 11.7. The number of nitrogens with zero attached hydrogens (tertiary/aromatic N) is 3. The van der Waals surface area contributed by atoms with Crippen LogP contribution < -0.4 is 10.6 Å². The number of anilines is 1. The van der Waals surface area contributed by atoms with Crippen LogP contribution in [0.4, 0.5) is 5.69 Å². The van der Waals surface area contributed by atoms with Crippen LogP contribution in [0.2, 0.25) is 0 Å². The number of aryl methyl sites for hydroxylation is 1. The summed E-state index contributed by atoms with van der Waals surface area (Å²) < 4.78 is 1.85. The predicted molar refractivity (Wildman–Crippen MR) is 78.2 cm³/mol. The first kappa shape index (κ1) is 14.2. The van der Waals surface area contributed by atoms with Crippen molar-refractivity contribution in [1.29, 1.82) is 0 Å². The first-order valence-corrected chi connectivity index (χ1v) is 6.65. The van der Waals surface area contributed by atoms with Crippen molar-refractivity contribution in [3.8, 4) is 11.4 Å². The van der Waals surface area contributed by atoms with Crippen molar-refractivity contribution in [2.75, 3.05) is 18.4 Å². The van der Waals surface area contributed by atoms with Crippen molar-refractivity contribution < 1.29 is 4.79 Å². The number of aromatic nitrogens is 3. The van der Waals surface area contributed by atoms with Gasteiger partial charge in [0.15, 0.2) is 5.82 Å². The molecule has 0 fully saturated rings. The van der Waals surface area contributed by atoms with Gasteiger partial charge in [0.1, 0.15) is 6.33 Å². The Labute approximate surface area is 118 Å². The summed E-state index contributed by atoms with van der Waals surface area (Å²) in [5, 5.41) is 13.9. The van der Waals surface area contributed by atoms with Gasteiger partial charge in [-0.3, -0.25) is 4.79 Å². The quantitative estimate of drug-likeness (QED) is 0.781. The van der Waals surface area contributed by atoms with E-state index < -0.39 is 0 Å². The molecule has 0 unspecified atom stereocenters. The maximum absolute atomic E-state index is 11.7. The number of nitrogens with one attached hydrogen (secondary N) is 2. The highest BCUT2D eigenvalue weighted by atomic mass is 16.1. The van der Waals surface area contributed by atoms with Gasteiger partial charge < -0.3 is 15.2 Å². The molecule has 20 heavy (non-hydrogen) atoms. The molecule has 6 heteroatoms. The van der Waals surface area contributed by atoms with Crippen LogP contribution in [0.3, 0.4) is 0 Å². The maximum Gasteiger partial charge on any atom is 0.225 e. The second kappa shape index (κ2) is 6.81. The molecule has 6 nitrogen and oxygen atoms in total. The average molecular weight is 273 g/mol. The largest absolute Gasteiger partial charge is 0.326 e. The summed E-state index contributed by atoms with van der Waals surface area (Å²) in [6, 6.07) is 7.58. The zero-order valence-electron chi connectivity index (χ0n) is 11.8. The first-order chi connectivity index (χ1) is 9.70. The molecule has 0 aliphatic rings. The van der Waals surface area contributed by atoms with E-state index in [1.165, 1.54) is 0 Å². The highest BCUT2D eigenvalue weighted by Crippen LogP contribution is 2.18. The van der Waals surface area contributed by atoms with Crippen molar-refractivity contribution in [2.45, 2.75) is 13.3 Å². The molecule has 2 N–H and O–H groups in total. The second-order valence-electron chi connectivity index (χ2n) is 4.49. The lowest BCUT2D eigenvalue weighted by Gasteiger charge is -2.06. The SMILES string of the molecule is CCNCCC(=O)Nc1ccc(-c2nncn2C)cc1. The number of benzene rings is 1. The third-order valence-corrected chi connectivity index (χ3v) is 2.92. The monoisotopic (exact) mass is 273 g/mol. The first-order valence-electron chi connectivity index (χ1n) is 6.65. The second-order valence-corrected chi connectivity index (χ2v) is 4.49. The van der Waals surface area contributed by atoms with Crippen LogP contribution in [0, 0.1) is 0 Å². The lowest BCUT2D eigenvalue weighted by Crippen LogP contribution is -2.21. The topological polar surface area (TPSA) is 71.8 Å². The van der Waals surface area contributed by atoms with Gasteiger partial charge in [-0.2, -0.15) is 0 Å². The summed E-state index contributed by atoms with van der Waals surface area (Å²) in [6.07, 6.45) is 2.13. The smallest absolute Gasteiger partial charge is 0.225 e. The van der Waals surface area contributed by atoms with Gasteiger partial charge in [-0.1, -0.05) is 6.92 Å². The molecule has 0 aliphatic heterocycles. The Morgan fingerprint density at radius 2 is 2.05 bits per heavy atom. The number of hydrogen-bond acceptors (Lipinski definition) is 4. The van der Waals surface area contributed by atoms with Crippen LogP contribution >= 0.6 is 0 Å². The fourth-order valence-electron chi connectivity index (χ4n) is 1.85. The van der Waals surface area contributed by atoms with E-state index in [1.54, 1.807) is 6.33 Å². The van der Waals surface area contributed by atoms with E-state index in [9.17, 15) is 4.79 Å². The Kier molecular flexibility index (Phi) is 4.84. The molecule has 2 rings (SSSR count). The van der Waals surface area contributed by atoms with Crippen LogP contribution in [-0.2, 0) is 11.8 Å². The molecule has 2 aromatic rings. The number of amides is 1. The van der Waals surface area contributed by atoms with Crippen molar-refractivity contribution >= 4 is 11.6 Å². The summed E-state index contributed by atoms with van der Waals surface area (Å²) in [5.41, 5.74) is 1.76. The number of carbonyl (C=O) groups excluding carboxylic acids is 1. The van der Waals surface area contributed by atoms with Gasteiger partial charge in [0.2, 0.25) is 5.91 Å². The Hall–Kier alpha value is -2.21. The minimum absolute atomic E-state index is 0.0114. The lowest BCUT2D eigenvalue weighted by atomic mass is 10.2.